The highest BCUT2D eigenvalue weighted by molar-refractivity contribution is 5.88. The molecule has 5 rings (SSSR count). The van der Waals surface area contributed by atoms with Crippen LogP contribution in [0.3, 0.4) is 0 Å². The standard InChI is InChI=1S/C24H30N6O/c1-3-17(2)21-26-22(28-12-14-29(15-13-28)24(31)18-8-7-9-18)20-16-25-30(23(20)27-21)19-10-5-4-6-11-19/h4-6,10-11,16-18H,3,7-9,12-15H2,1-2H3. The van der Waals surface area contributed by atoms with Crippen LogP contribution in [0.2, 0.25) is 0 Å². The van der Waals surface area contributed by atoms with Gasteiger partial charge in [-0.25, -0.2) is 14.6 Å². The van der Waals surface area contributed by atoms with Gasteiger partial charge in [-0.2, -0.15) is 5.10 Å². The van der Waals surface area contributed by atoms with Crippen molar-refractivity contribution >= 4 is 22.8 Å². The van der Waals surface area contributed by atoms with Gasteiger partial charge in [0.15, 0.2) is 5.65 Å². The van der Waals surface area contributed by atoms with Gasteiger partial charge in [-0.05, 0) is 31.4 Å². The quantitative estimate of drug-likeness (QED) is 0.631. The van der Waals surface area contributed by atoms with Crippen LogP contribution in [0.5, 0.6) is 0 Å². The third kappa shape index (κ3) is 3.66. The number of hydrogen-bond donors (Lipinski definition) is 0. The van der Waals surface area contributed by atoms with Gasteiger partial charge in [0, 0.05) is 38.0 Å². The minimum absolute atomic E-state index is 0.262. The molecule has 2 fully saturated rings. The molecule has 1 saturated heterocycles. The van der Waals surface area contributed by atoms with E-state index in [1.165, 1.54) is 6.42 Å². The van der Waals surface area contributed by atoms with Gasteiger partial charge in [0.2, 0.25) is 5.91 Å². The molecule has 1 amide bonds. The van der Waals surface area contributed by atoms with Gasteiger partial charge >= 0.3 is 0 Å². The van der Waals surface area contributed by atoms with E-state index in [9.17, 15) is 4.79 Å². The lowest BCUT2D eigenvalue weighted by Gasteiger charge is -2.38. The number of carbonyl (C=O) groups is 1. The van der Waals surface area contributed by atoms with E-state index < -0.39 is 0 Å². The van der Waals surface area contributed by atoms with Crippen molar-refractivity contribution in [3.05, 3.63) is 42.4 Å². The number of rotatable bonds is 5. The Morgan fingerprint density at radius 1 is 1.10 bits per heavy atom. The van der Waals surface area contributed by atoms with Gasteiger partial charge in [0.25, 0.3) is 0 Å². The smallest absolute Gasteiger partial charge is 0.225 e. The first-order valence-corrected chi connectivity index (χ1v) is 11.5. The second-order valence-corrected chi connectivity index (χ2v) is 8.78. The number of nitrogens with zero attached hydrogens (tertiary/aromatic N) is 6. The van der Waals surface area contributed by atoms with Gasteiger partial charge in [-0.3, -0.25) is 4.79 Å². The highest BCUT2D eigenvalue weighted by atomic mass is 16.2. The van der Waals surface area contributed by atoms with Gasteiger partial charge in [0.05, 0.1) is 17.3 Å². The molecule has 0 spiro atoms. The van der Waals surface area contributed by atoms with E-state index in [4.69, 9.17) is 9.97 Å². The van der Waals surface area contributed by atoms with E-state index in [0.717, 1.165) is 73.8 Å². The van der Waals surface area contributed by atoms with Gasteiger partial charge in [0.1, 0.15) is 11.6 Å². The van der Waals surface area contributed by atoms with E-state index in [-0.39, 0.29) is 11.8 Å². The molecule has 1 unspecified atom stereocenters. The van der Waals surface area contributed by atoms with Crippen molar-refractivity contribution in [3.8, 4) is 5.69 Å². The zero-order chi connectivity index (χ0) is 21.4. The van der Waals surface area contributed by atoms with Gasteiger partial charge in [-0.15, -0.1) is 0 Å². The van der Waals surface area contributed by atoms with E-state index in [1.54, 1.807) is 0 Å². The van der Waals surface area contributed by atoms with Gasteiger partial charge < -0.3 is 9.80 Å². The first kappa shape index (κ1) is 20.0. The fourth-order valence-electron chi connectivity index (χ4n) is 4.36. The summed E-state index contributed by atoms with van der Waals surface area (Å²) in [6.45, 7) is 7.43. The lowest BCUT2D eigenvalue weighted by Crippen LogP contribution is -2.51. The van der Waals surface area contributed by atoms with E-state index >= 15 is 0 Å². The molecule has 0 radical (unpaired) electrons. The molecule has 162 valence electrons. The van der Waals surface area contributed by atoms with Crippen LogP contribution in [0, 0.1) is 5.92 Å². The van der Waals surface area contributed by atoms with Crippen molar-refractivity contribution < 1.29 is 4.79 Å². The van der Waals surface area contributed by atoms with Crippen molar-refractivity contribution in [3.63, 3.8) is 0 Å². The topological polar surface area (TPSA) is 67.2 Å². The molecule has 1 saturated carbocycles. The lowest BCUT2D eigenvalue weighted by atomic mass is 9.84. The molecule has 3 heterocycles. The largest absolute Gasteiger partial charge is 0.352 e. The highest BCUT2D eigenvalue weighted by Gasteiger charge is 2.32. The van der Waals surface area contributed by atoms with Crippen LogP contribution in [0.25, 0.3) is 16.7 Å². The number of carbonyl (C=O) groups excluding carboxylic acids is 1. The third-order valence-electron chi connectivity index (χ3n) is 6.82. The molecular weight excluding hydrogens is 388 g/mol. The molecule has 1 aliphatic heterocycles. The van der Waals surface area contributed by atoms with Crippen LogP contribution in [0.15, 0.2) is 36.5 Å². The Kier molecular flexibility index (Phi) is 5.34. The molecule has 0 bridgehead atoms. The number of amides is 1. The fraction of sp³-hybridized carbons (Fsp3) is 0.500. The molecular formula is C24H30N6O. The zero-order valence-corrected chi connectivity index (χ0v) is 18.4. The minimum Gasteiger partial charge on any atom is -0.352 e. The maximum Gasteiger partial charge on any atom is 0.225 e. The monoisotopic (exact) mass is 418 g/mol. The van der Waals surface area contributed by atoms with Crippen LogP contribution in [0.1, 0.15) is 51.3 Å². The zero-order valence-electron chi connectivity index (χ0n) is 18.4. The van der Waals surface area contributed by atoms with Crippen molar-refractivity contribution in [2.45, 2.75) is 45.4 Å². The number of fused-ring (bicyclic) bond motifs is 1. The second-order valence-electron chi connectivity index (χ2n) is 8.78. The predicted octanol–water partition coefficient (Wildman–Crippen LogP) is 3.78. The number of benzene rings is 1. The number of anilines is 1. The molecule has 31 heavy (non-hydrogen) atoms. The molecule has 1 aromatic carbocycles. The van der Waals surface area contributed by atoms with Crippen molar-refractivity contribution in [2.24, 2.45) is 5.92 Å². The van der Waals surface area contributed by atoms with Crippen LogP contribution in [-0.4, -0.2) is 56.7 Å². The Labute approximate surface area is 183 Å². The molecule has 2 aliphatic rings. The average Bonchev–Trinajstić information content (AvgIpc) is 3.21. The summed E-state index contributed by atoms with van der Waals surface area (Å²) < 4.78 is 1.91. The lowest BCUT2D eigenvalue weighted by molar-refractivity contribution is -0.138. The molecule has 2 aromatic heterocycles. The Morgan fingerprint density at radius 2 is 1.84 bits per heavy atom. The Morgan fingerprint density at radius 3 is 2.48 bits per heavy atom. The van der Waals surface area contributed by atoms with Crippen LogP contribution >= 0.6 is 0 Å². The highest BCUT2D eigenvalue weighted by Crippen LogP contribution is 2.31. The summed E-state index contributed by atoms with van der Waals surface area (Å²) in [6.07, 6.45) is 6.17. The third-order valence-corrected chi connectivity index (χ3v) is 6.82. The molecule has 3 aromatic rings. The fourth-order valence-corrected chi connectivity index (χ4v) is 4.36. The van der Waals surface area contributed by atoms with Crippen LogP contribution < -0.4 is 4.90 Å². The van der Waals surface area contributed by atoms with Gasteiger partial charge in [-0.1, -0.05) is 38.5 Å². The van der Waals surface area contributed by atoms with Crippen molar-refractivity contribution in [1.29, 1.82) is 0 Å². The normalized spacial score (nSPS) is 18.3. The second kappa shape index (κ2) is 8.29. The van der Waals surface area contributed by atoms with Crippen LogP contribution in [0.4, 0.5) is 5.82 Å². The van der Waals surface area contributed by atoms with Crippen LogP contribution in [-0.2, 0) is 4.79 Å². The SMILES string of the molecule is CCC(C)c1nc(N2CCN(C(=O)C3CCC3)CC2)c2cnn(-c3ccccc3)c2n1. The average molecular weight is 419 g/mol. The summed E-state index contributed by atoms with van der Waals surface area (Å²) in [6, 6.07) is 10.1. The Bertz CT molecular complexity index is 1070. The number of piperazine rings is 1. The maximum absolute atomic E-state index is 12.6. The first-order valence-electron chi connectivity index (χ1n) is 11.5. The number of para-hydroxylation sites is 1. The minimum atomic E-state index is 0.262. The number of aromatic nitrogens is 4. The summed E-state index contributed by atoms with van der Waals surface area (Å²) in [5, 5.41) is 5.62. The summed E-state index contributed by atoms with van der Waals surface area (Å²) in [7, 11) is 0. The number of hydrogen-bond acceptors (Lipinski definition) is 5. The predicted molar refractivity (Wildman–Crippen MR) is 122 cm³/mol. The molecule has 7 nitrogen and oxygen atoms in total. The van der Waals surface area contributed by atoms with Crippen molar-refractivity contribution in [2.75, 3.05) is 31.1 Å². The first-order chi connectivity index (χ1) is 15.2. The summed E-state index contributed by atoms with van der Waals surface area (Å²) in [5.41, 5.74) is 1.84. The summed E-state index contributed by atoms with van der Waals surface area (Å²) in [5.74, 6) is 2.67. The molecule has 1 aliphatic carbocycles. The Hall–Kier alpha value is -2.96. The molecule has 0 N–H and O–H groups in total. The van der Waals surface area contributed by atoms with E-state index in [1.807, 2.05) is 46.1 Å². The summed E-state index contributed by atoms with van der Waals surface area (Å²) >= 11 is 0. The molecule has 1 atom stereocenters. The Balaban J connectivity index is 1.48. The van der Waals surface area contributed by atoms with E-state index in [0.29, 0.717) is 5.91 Å². The molecule has 7 heteroatoms. The van der Waals surface area contributed by atoms with E-state index in [2.05, 4.69) is 23.8 Å². The van der Waals surface area contributed by atoms with Crippen molar-refractivity contribution in [1.82, 2.24) is 24.6 Å². The maximum atomic E-state index is 12.6. The summed E-state index contributed by atoms with van der Waals surface area (Å²) in [4.78, 5) is 26.9.